The Hall–Kier alpha value is -0.700. The Morgan fingerprint density at radius 3 is 2.67 bits per heavy atom. The smallest absolute Gasteiger partial charge is 0.178 e. The van der Waals surface area contributed by atoms with Crippen LogP contribution in [0, 0.1) is 34.5 Å². The first-order chi connectivity index (χ1) is 11.3. The number of hydrogen-bond donors (Lipinski definition) is 0. The molecule has 4 rings (SSSR count). The number of carbonyl (C=O) groups is 2. The van der Waals surface area contributed by atoms with E-state index in [4.69, 9.17) is 0 Å². The monoisotopic (exact) mass is 390 g/mol. The van der Waals surface area contributed by atoms with Gasteiger partial charge in [0.25, 0.3) is 0 Å². The zero-order valence-corrected chi connectivity index (χ0v) is 16.4. The molecule has 0 aromatic rings. The fourth-order valence-corrected chi connectivity index (χ4v) is 7.88. The molecule has 4 aliphatic rings. The van der Waals surface area contributed by atoms with Gasteiger partial charge >= 0.3 is 0 Å². The molecule has 0 radical (unpaired) electrons. The standard InChI is InChI=1S/C21H27BrO2/c1-12(23)15-4-5-16-19-17(7-9-21(15,16)3)20(2)8-6-14(24)10-13(20)11-18(19)22/h6,8,10,15-19H,4-5,7,9,11H2,1-3H3/t15-,16+,17+,18?,19+,20+,21-/m1/s1. The van der Waals surface area contributed by atoms with Crippen LogP contribution in [0.4, 0.5) is 0 Å². The number of carbonyl (C=O) groups excluding carboxylic acids is 2. The van der Waals surface area contributed by atoms with Gasteiger partial charge < -0.3 is 0 Å². The largest absolute Gasteiger partial charge is 0.300 e. The molecule has 0 aromatic carbocycles. The van der Waals surface area contributed by atoms with Crippen LogP contribution in [-0.2, 0) is 9.59 Å². The van der Waals surface area contributed by atoms with Crippen molar-refractivity contribution < 1.29 is 9.59 Å². The first-order valence-corrected chi connectivity index (χ1v) is 10.3. The van der Waals surface area contributed by atoms with Crippen LogP contribution in [-0.4, -0.2) is 16.4 Å². The predicted molar refractivity (Wildman–Crippen MR) is 98.9 cm³/mol. The fourth-order valence-electron chi connectivity index (χ4n) is 6.79. The molecule has 0 amide bonds. The van der Waals surface area contributed by atoms with Crippen molar-refractivity contribution in [2.75, 3.05) is 0 Å². The molecule has 0 heterocycles. The van der Waals surface area contributed by atoms with Gasteiger partial charge in [0.15, 0.2) is 5.78 Å². The third-order valence-electron chi connectivity index (χ3n) is 8.03. The second-order valence-corrected chi connectivity index (χ2v) is 10.2. The summed E-state index contributed by atoms with van der Waals surface area (Å²) in [6.07, 6.45) is 11.4. The molecule has 24 heavy (non-hydrogen) atoms. The second kappa shape index (κ2) is 5.40. The number of allylic oxidation sites excluding steroid dienone is 4. The Bertz CT molecular complexity index is 663. The summed E-state index contributed by atoms with van der Waals surface area (Å²) < 4.78 is 0. The Balaban J connectivity index is 1.73. The van der Waals surface area contributed by atoms with E-state index in [2.05, 4.69) is 35.9 Å². The highest BCUT2D eigenvalue weighted by molar-refractivity contribution is 9.09. The van der Waals surface area contributed by atoms with E-state index in [-0.39, 0.29) is 22.5 Å². The minimum absolute atomic E-state index is 0.0263. The van der Waals surface area contributed by atoms with Crippen LogP contribution in [0.25, 0.3) is 0 Å². The Morgan fingerprint density at radius 1 is 1.21 bits per heavy atom. The van der Waals surface area contributed by atoms with Crippen molar-refractivity contribution in [1.29, 1.82) is 0 Å². The predicted octanol–water partition coefficient (Wildman–Crippen LogP) is 4.87. The normalized spacial score (nSPS) is 49.9. The van der Waals surface area contributed by atoms with Gasteiger partial charge in [-0.25, -0.2) is 0 Å². The molecule has 4 aliphatic carbocycles. The highest BCUT2D eigenvalue weighted by Gasteiger charge is 2.61. The van der Waals surface area contributed by atoms with Crippen LogP contribution in [0.5, 0.6) is 0 Å². The molecule has 2 nitrogen and oxygen atoms in total. The van der Waals surface area contributed by atoms with Gasteiger partial charge in [0.2, 0.25) is 0 Å². The number of hydrogen-bond acceptors (Lipinski definition) is 2. The van der Waals surface area contributed by atoms with E-state index in [9.17, 15) is 9.59 Å². The maximum atomic E-state index is 12.2. The highest BCUT2D eigenvalue weighted by Crippen LogP contribution is 2.66. The molecule has 3 saturated carbocycles. The molecule has 0 spiro atoms. The van der Waals surface area contributed by atoms with Crippen LogP contribution in [0.3, 0.4) is 0 Å². The molecule has 130 valence electrons. The lowest BCUT2D eigenvalue weighted by Gasteiger charge is -2.58. The third-order valence-corrected chi connectivity index (χ3v) is 8.96. The topological polar surface area (TPSA) is 34.1 Å². The second-order valence-electron chi connectivity index (χ2n) is 8.98. The lowest BCUT2D eigenvalue weighted by Crippen LogP contribution is -2.53. The molecular formula is C21H27BrO2. The van der Waals surface area contributed by atoms with Crippen molar-refractivity contribution in [3.8, 4) is 0 Å². The first-order valence-electron chi connectivity index (χ1n) is 9.36. The molecule has 0 aromatic heterocycles. The summed E-state index contributed by atoms with van der Waals surface area (Å²) in [5.41, 5.74) is 1.51. The summed E-state index contributed by atoms with van der Waals surface area (Å²) in [6, 6.07) is 0. The molecule has 0 saturated heterocycles. The van der Waals surface area contributed by atoms with Gasteiger partial charge in [-0.2, -0.15) is 0 Å². The SMILES string of the molecule is CC(=O)[C@H]1CC[C@H]2[C@@H]3C(Br)CC4=CC(=O)C=C[C@]4(C)[C@H]3CC[C@]12C. The number of ketones is 2. The van der Waals surface area contributed by atoms with Crippen molar-refractivity contribution in [1.82, 2.24) is 0 Å². The van der Waals surface area contributed by atoms with E-state index in [0.717, 1.165) is 25.7 Å². The van der Waals surface area contributed by atoms with Crippen molar-refractivity contribution >= 4 is 27.5 Å². The van der Waals surface area contributed by atoms with E-state index in [1.807, 2.05) is 6.08 Å². The Labute approximate surface area is 153 Å². The molecule has 1 unspecified atom stereocenters. The van der Waals surface area contributed by atoms with E-state index in [0.29, 0.717) is 28.4 Å². The summed E-state index contributed by atoms with van der Waals surface area (Å²) in [7, 11) is 0. The molecule has 3 heteroatoms. The number of halogens is 1. The fraction of sp³-hybridized carbons (Fsp3) is 0.714. The summed E-state index contributed by atoms with van der Waals surface area (Å²) in [5.74, 6) is 2.58. The maximum absolute atomic E-state index is 12.2. The lowest BCUT2D eigenvalue weighted by molar-refractivity contribution is -0.127. The van der Waals surface area contributed by atoms with Crippen molar-refractivity contribution in [2.24, 2.45) is 34.5 Å². The number of alkyl halides is 1. The van der Waals surface area contributed by atoms with Gasteiger partial charge in [0.1, 0.15) is 5.78 Å². The van der Waals surface area contributed by atoms with E-state index in [1.54, 1.807) is 13.0 Å². The van der Waals surface area contributed by atoms with Crippen molar-refractivity contribution in [3.63, 3.8) is 0 Å². The van der Waals surface area contributed by atoms with E-state index >= 15 is 0 Å². The minimum Gasteiger partial charge on any atom is -0.300 e. The molecule has 0 aliphatic heterocycles. The average Bonchev–Trinajstić information content (AvgIpc) is 2.86. The van der Waals surface area contributed by atoms with Gasteiger partial charge in [-0.15, -0.1) is 0 Å². The highest BCUT2D eigenvalue weighted by atomic mass is 79.9. The Kier molecular flexibility index (Phi) is 3.77. The minimum atomic E-state index is 0.0263. The average molecular weight is 391 g/mol. The van der Waals surface area contributed by atoms with Crippen molar-refractivity contribution in [3.05, 3.63) is 23.8 Å². The molecule has 3 fully saturated rings. The number of rotatable bonds is 1. The lowest BCUT2D eigenvalue weighted by atomic mass is 9.47. The maximum Gasteiger partial charge on any atom is 0.178 e. The molecule has 0 bridgehead atoms. The van der Waals surface area contributed by atoms with E-state index in [1.165, 1.54) is 12.0 Å². The van der Waals surface area contributed by atoms with Gasteiger partial charge in [-0.05, 0) is 74.3 Å². The summed E-state index contributed by atoms with van der Waals surface area (Å²) in [4.78, 5) is 24.5. The molecular weight excluding hydrogens is 364 g/mol. The van der Waals surface area contributed by atoms with Crippen LogP contribution in [0.15, 0.2) is 23.8 Å². The van der Waals surface area contributed by atoms with Crippen LogP contribution < -0.4 is 0 Å². The van der Waals surface area contributed by atoms with Gasteiger partial charge in [-0.1, -0.05) is 41.4 Å². The molecule has 0 N–H and O–H groups in total. The van der Waals surface area contributed by atoms with E-state index < -0.39 is 0 Å². The number of Topliss-reactive ketones (excluding diaryl/α,β-unsaturated/α-hetero) is 1. The first kappa shape index (κ1) is 16.8. The quantitative estimate of drug-likeness (QED) is 0.598. The van der Waals surface area contributed by atoms with Gasteiger partial charge in [0, 0.05) is 16.2 Å². The summed E-state index contributed by atoms with van der Waals surface area (Å²) in [5, 5.41) is 0. The van der Waals surface area contributed by atoms with Crippen LogP contribution in [0.1, 0.15) is 52.9 Å². The summed E-state index contributed by atoms with van der Waals surface area (Å²) in [6.45, 7) is 6.49. The van der Waals surface area contributed by atoms with Crippen molar-refractivity contribution in [2.45, 2.75) is 57.7 Å². The van der Waals surface area contributed by atoms with Gasteiger partial charge in [-0.3, -0.25) is 9.59 Å². The zero-order valence-electron chi connectivity index (χ0n) is 14.8. The number of fused-ring (bicyclic) bond motifs is 5. The summed E-state index contributed by atoms with van der Waals surface area (Å²) >= 11 is 3.99. The molecule has 7 atom stereocenters. The zero-order chi connectivity index (χ0) is 17.3. The Morgan fingerprint density at radius 2 is 1.96 bits per heavy atom. The van der Waals surface area contributed by atoms with Crippen LogP contribution >= 0.6 is 15.9 Å². The van der Waals surface area contributed by atoms with Crippen LogP contribution in [0.2, 0.25) is 0 Å². The third kappa shape index (κ3) is 2.12. The van der Waals surface area contributed by atoms with Gasteiger partial charge in [0.05, 0.1) is 0 Å².